The Hall–Kier alpha value is -3.35. The molecule has 1 unspecified atom stereocenters. The second-order valence-electron chi connectivity index (χ2n) is 5.98. The van der Waals surface area contributed by atoms with Gasteiger partial charge < -0.3 is 19.3 Å². The summed E-state index contributed by atoms with van der Waals surface area (Å²) in [4.78, 5) is 19.3. The third-order valence-corrected chi connectivity index (χ3v) is 4.04. The third-order valence-electron chi connectivity index (χ3n) is 4.04. The van der Waals surface area contributed by atoms with Crippen molar-refractivity contribution in [3.63, 3.8) is 0 Å². The van der Waals surface area contributed by atoms with Gasteiger partial charge in [0.1, 0.15) is 17.6 Å². The van der Waals surface area contributed by atoms with Gasteiger partial charge in [0.05, 0.1) is 20.6 Å². The van der Waals surface area contributed by atoms with E-state index in [0.29, 0.717) is 29.5 Å². The first-order valence-corrected chi connectivity index (χ1v) is 8.37. The fourth-order valence-corrected chi connectivity index (χ4v) is 2.80. The highest BCUT2D eigenvalue weighted by molar-refractivity contribution is 5.71. The largest absolute Gasteiger partial charge is 0.497 e. The minimum Gasteiger partial charge on any atom is -0.497 e. The monoisotopic (exact) mass is 368 g/mol. The Bertz CT molecular complexity index is 874. The lowest BCUT2D eigenvalue weighted by molar-refractivity contribution is -0.136. The number of aliphatic carboxylic acids is 1. The van der Waals surface area contributed by atoms with Crippen molar-refractivity contribution in [2.24, 2.45) is 0 Å². The van der Waals surface area contributed by atoms with Crippen LogP contribution in [0.4, 0.5) is 0 Å². The molecule has 140 valence electrons. The molecule has 0 spiro atoms. The molecule has 0 aliphatic heterocycles. The normalized spacial score (nSPS) is 15.8. The van der Waals surface area contributed by atoms with Gasteiger partial charge in [-0.05, 0) is 29.3 Å². The van der Waals surface area contributed by atoms with Crippen molar-refractivity contribution in [2.45, 2.75) is 18.9 Å². The number of allylic oxidation sites excluding steroid dienone is 2. The number of benzene rings is 1. The molecule has 1 N–H and O–H groups in total. The number of ether oxygens (including phenoxy) is 3. The summed E-state index contributed by atoms with van der Waals surface area (Å²) in [5, 5.41) is 9.02. The molecule has 0 saturated heterocycles. The van der Waals surface area contributed by atoms with Crippen molar-refractivity contribution in [1.82, 2.24) is 9.97 Å². The van der Waals surface area contributed by atoms with Crippen LogP contribution in [0.5, 0.6) is 17.5 Å². The lowest BCUT2D eigenvalue weighted by atomic mass is 9.98. The molecule has 1 aliphatic rings. The smallest absolute Gasteiger partial charge is 0.316 e. The van der Waals surface area contributed by atoms with E-state index < -0.39 is 5.97 Å². The molecule has 2 aromatic rings. The van der Waals surface area contributed by atoms with E-state index in [-0.39, 0.29) is 12.5 Å². The number of aromatic nitrogens is 2. The van der Waals surface area contributed by atoms with Gasteiger partial charge in [0.15, 0.2) is 0 Å². The summed E-state index contributed by atoms with van der Waals surface area (Å²) in [6.45, 7) is 0. The van der Waals surface area contributed by atoms with E-state index in [1.165, 1.54) is 14.2 Å². The summed E-state index contributed by atoms with van der Waals surface area (Å²) < 4.78 is 16.3. The number of carbonyl (C=O) groups is 1. The maximum atomic E-state index is 11.0. The second kappa shape index (κ2) is 8.35. The summed E-state index contributed by atoms with van der Waals surface area (Å²) >= 11 is 0. The standard InChI is InChI=1S/C20H20N2O5/c1-25-17-6-13(8-19(23)24)7-18(10-17)27-16-5-3-4-14(9-16)15-11-21-20(26-2)22-12-15/h3-7,10-12,16H,8-9H2,1-2H3,(H,23,24). The minimum atomic E-state index is -0.906. The number of hydrogen-bond donors (Lipinski definition) is 1. The minimum absolute atomic E-state index is 0.0948. The fraction of sp³-hybridized carbons (Fsp3) is 0.250. The molecule has 0 amide bonds. The zero-order valence-corrected chi connectivity index (χ0v) is 15.1. The summed E-state index contributed by atoms with van der Waals surface area (Å²) in [5.74, 6) is 0.215. The van der Waals surface area contributed by atoms with Crippen LogP contribution in [-0.4, -0.2) is 41.4 Å². The SMILES string of the molecule is COc1cc(CC(=O)O)cc(OC2C=CC=C(c3cnc(OC)nc3)C2)c1. The molecular weight excluding hydrogens is 348 g/mol. The Morgan fingerprint density at radius 1 is 1.15 bits per heavy atom. The average Bonchev–Trinajstić information content (AvgIpc) is 2.67. The van der Waals surface area contributed by atoms with Gasteiger partial charge in [-0.2, -0.15) is 0 Å². The molecule has 1 aliphatic carbocycles. The zero-order valence-electron chi connectivity index (χ0n) is 15.1. The van der Waals surface area contributed by atoms with E-state index in [1.54, 1.807) is 30.6 Å². The van der Waals surface area contributed by atoms with Crippen LogP contribution in [0.25, 0.3) is 5.57 Å². The Balaban J connectivity index is 1.73. The van der Waals surface area contributed by atoms with E-state index in [2.05, 4.69) is 9.97 Å². The van der Waals surface area contributed by atoms with Crippen LogP contribution in [0.3, 0.4) is 0 Å². The molecule has 1 aromatic carbocycles. The number of carboxylic acids is 1. The highest BCUT2D eigenvalue weighted by atomic mass is 16.5. The molecule has 1 aromatic heterocycles. The molecule has 0 bridgehead atoms. The lowest BCUT2D eigenvalue weighted by Gasteiger charge is -2.21. The van der Waals surface area contributed by atoms with Crippen LogP contribution < -0.4 is 14.2 Å². The van der Waals surface area contributed by atoms with Gasteiger partial charge in [-0.25, -0.2) is 9.97 Å². The van der Waals surface area contributed by atoms with Gasteiger partial charge in [-0.3, -0.25) is 4.79 Å². The van der Waals surface area contributed by atoms with Crippen LogP contribution in [0.1, 0.15) is 17.5 Å². The quantitative estimate of drug-likeness (QED) is 0.803. The van der Waals surface area contributed by atoms with Crippen LogP contribution in [0, 0.1) is 0 Å². The van der Waals surface area contributed by atoms with Crippen molar-refractivity contribution in [2.75, 3.05) is 14.2 Å². The first kappa shape index (κ1) is 18.4. The Morgan fingerprint density at radius 3 is 2.56 bits per heavy atom. The first-order chi connectivity index (χ1) is 13.1. The van der Waals surface area contributed by atoms with Gasteiger partial charge in [0, 0.05) is 30.4 Å². The molecular formula is C20H20N2O5. The number of rotatable bonds is 7. The summed E-state index contributed by atoms with van der Waals surface area (Å²) in [6, 6.07) is 5.48. The number of carboxylic acid groups (broad SMARTS) is 1. The van der Waals surface area contributed by atoms with E-state index in [1.807, 2.05) is 18.2 Å². The van der Waals surface area contributed by atoms with Crippen LogP contribution in [-0.2, 0) is 11.2 Å². The van der Waals surface area contributed by atoms with Gasteiger partial charge in [0.2, 0.25) is 0 Å². The van der Waals surface area contributed by atoms with Gasteiger partial charge in [0.25, 0.3) is 0 Å². The average molecular weight is 368 g/mol. The molecule has 0 fully saturated rings. The first-order valence-electron chi connectivity index (χ1n) is 8.37. The molecule has 1 heterocycles. The topological polar surface area (TPSA) is 90.8 Å². The van der Waals surface area contributed by atoms with Crippen molar-refractivity contribution in [1.29, 1.82) is 0 Å². The van der Waals surface area contributed by atoms with Crippen molar-refractivity contribution in [3.8, 4) is 17.5 Å². The Labute approximate surface area is 156 Å². The number of methoxy groups -OCH3 is 2. The molecule has 3 rings (SSSR count). The maximum Gasteiger partial charge on any atom is 0.316 e. The maximum absolute atomic E-state index is 11.0. The predicted octanol–water partition coefficient (Wildman–Crippen LogP) is 2.91. The predicted molar refractivity (Wildman–Crippen MR) is 99.1 cm³/mol. The van der Waals surface area contributed by atoms with Crippen molar-refractivity contribution >= 4 is 11.5 Å². The number of nitrogens with zero attached hydrogens (tertiary/aromatic N) is 2. The number of hydrogen-bond acceptors (Lipinski definition) is 6. The van der Waals surface area contributed by atoms with Crippen LogP contribution in [0.2, 0.25) is 0 Å². The highest BCUT2D eigenvalue weighted by Crippen LogP contribution is 2.29. The molecule has 7 heteroatoms. The zero-order chi connectivity index (χ0) is 19.2. The molecule has 7 nitrogen and oxygen atoms in total. The van der Waals surface area contributed by atoms with E-state index >= 15 is 0 Å². The Kier molecular flexibility index (Phi) is 5.71. The van der Waals surface area contributed by atoms with E-state index in [0.717, 1.165) is 11.1 Å². The van der Waals surface area contributed by atoms with Crippen molar-refractivity contribution in [3.05, 3.63) is 59.9 Å². The lowest BCUT2D eigenvalue weighted by Crippen LogP contribution is -2.16. The van der Waals surface area contributed by atoms with Gasteiger partial charge in [-0.1, -0.05) is 12.2 Å². The van der Waals surface area contributed by atoms with E-state index in [9.17, 15) is 4.79 Å². The molecule has 0 saturated carbocycles. The summed E-state index contributed by atoms with van der Waals surface area (Å²) in [5.41, 5.74) is 2.56. The second-order valence-corrected chi connectivity index (χ2v) is 5.98. The van der Waals surface area contributed by atoms with Gasteiger partial charge >= 0.3 is 12.0 Å². The Morgan fingerprint density at radius 2 is 1.89 bits per heavy atom. The van der Waals surface area contributed by atoms with E-state index in [4.69, 9.17) is 19.3 Å². The molecule has 0 radical (unpaired) electrons. The molecule has 1 atom stereocenters. The van der Waals surface area contributed by atoms with Crippen LogP contribution >= 0.6 is 0 Å². The summed E-state index contributed by atoms with van der Waals surface area (Å²) in [7, 11) is 3.06. The van der Waals surface area contributed by atoms with Gasteiger partial charge in [-0.15, -0.1) is 0 Å². The van der Waals surface area contributed by atoms with Crippen LogP contribution in [0.15, 0.2) is 48.8 Å². The highest BCUT2D eigenvalue weighted by Gasteiger charge is 2.16. The van der Waals surface area contributed by atoms with Crippen molar-refractivity contribution < 1.29 is 24.1 Å². The molecule has 27 heavy (non-hydrogen) atoms. The third kappa shape index (κ3) is 4.84. The fourth-order valence-electron chi connectivity index (χ4n) is 2.80. The summed E-state index contributed by atoms with van der Waals surface area (Å²) in [6.07, 6.45) is 9.63.